The minimum Gasteiger partial charge on any atom is -0.508 e. The summed E-state index contributed by atoms with van der Waals surface area (Å²) in [6.45, 7) is 0. The SMILES string of the molecule is N[C@@H](Cc1ccc(O)cc1)C(=O)c1cccc(O)c1O. The van der Waals surface area contributed by atoms with Gasteiger partial charge in [-0.25, -0.2) is 0 Å². The van der Waals surface area contributed by atoms with Crippen LogP contribution in [0.2, 0.25) is 0 Å². The van der Waals surface area contributed by atoms with Gasteiger partial charge < -0.3 is 21.1 Å². The van der Waals surface area contributed by atoms with Gasteiger partial charge in [0.2, 0.25) is 0 Å². The molecule has 5 heteroatoms. The van der Waals surface area contributed by atoms with Crippen molar-refractivity contribution in [2.45, 2.75) is 12.5 Å². The van der Waals surface area contributed by atoms with Crippen LogP contribution in [0.15, 0.2) is 42.5 Å². The Morgan fingerprint density at radius 3 is 2.35 bits per heavy atom. The molecule has 0 unspecified atom stereocenters. The molecule has 1 atom stereocenters. The van der Waals surface area contributed by atoms with E-state index in [0.717, 1.165) is 5.56 Å². The van der Waals surface area contributed by atoms with E-state index in [2.05, 4.69) is 0 Å². The van der Waals surface area contributed by atoms with Crippen LogP contribution in [-0.4, -0.2) is 27.1 Å². The van der Waals surface area contributed by atoms with Gasteiger partial charge in [-0.1, -0.05) is 18.2 Å². The maximum Gasteiger partial charge on any atom is 0.183 e. The smallest absolute Gasteiger partial charge is 0.183 e. The second-order valence-corrected chi connectivity index (χ2v) is 4.51. The average molecular weight is 273 g/mol. The van der Waals surface area contributed by atoms with Crippen LogP contribution < -0.4 is 5.73 Å². The third-order valence-electron chi connectivity index (χ3n) is 3.01. The van der Waals surface area contributed by atoms with Gasteiger partial charge >= 0.3 is 0 Å². The molecule has 2 rings (SSSR count). The van der Waals surface area contributed by atoms with E-state index < -0.39 is 17.6 Å². The third-order valence-corrected chi connectivity index (χ3v) is 3.01. The predicted octanol–water partition coefficient (Wildman–Crippen LogP) is 1.56. The summed E-state index contributed by atoms with van der Waals surface area (Å²) in [5.41, 5.74) is 6.62. The Hall–Kier alpha value is -2.53. The van der Waals surface area contributed by atoms with Crippen molar-refractivity contribution in [3.05, 3.63) is 53.6 Å². The molecule has 0 aliphatic rings. The molecule has 0 bridgehead atoms. The van der Waals surface area contributed by atoms with Crippen LogP contribution in [0, 0.1) is 0 Å². The lowest BCUT2D eigenvalue weighted by molar-refractivity contribution is 0.0957. The van der Waals surface area contributed by atoms with Crippen molar-refractivity contribution in [2.75, 3.05) is 0 Å². The lowest BCUT2D eigenvalue weighted by Gasteiger charge is -2.12. The summed E-state index contributed by atoms with van der Waals surface area (Å²) in [7, 11) is 0. The van der Waals surface area contributed by atoms with Gasteiger partial charge in [0, 0.05) is 0 Å². The fourth-order valence-electron chi connectivity index (χ4n) is 1.91. The van der Waals surface area contributed by atoms with E-state index in [1.165, 1.54) is 30.3 Å². The van der Waals surface area contributed by atoms with Gasteiger partial charge in [-0.15, -0.1) is 0 Å². The summed E-state index contributed by atoms with van der Waals surface area (Å²) >= 11 is 0. The molecule has 0 heterocycles. The van der Waals surface area contributed by atoms with Crippen molar-refractivity contribution < 1.29 is 20.1 Å². The maximum absolute atomic E-state index is 12.1. The first-order chi connectivity index (χ1) is 9.49. The molecule has 20 heavy (non-hydrogen) atoms. The second kappa shape index (κ2) is 5.63. The van der Waals surface area contributed by atoms with Crippen molar-refractivity contribution in [1.29, 1.82) is 0 Å². The highest BCUT2D eigenvalue weighted by atomic mass is 16.3. The van der Waals surface area contributed by atoms with Crippen molar-refractivity contribution in [3.63, 3.8) is 0 Å². The van der Waals surface area contributed by atoms with Gasteiger partial charge in [0.25, 0.3) is 0 Å². The van der Waals surface area contributed by atoms with Crippen LogP contribution in [0.3, 0.4) is 0 Å². The molecular weight excluding hydrogens is 258 g/mol. The summed E-state index contributed by atoms with van der Waals surface area (Å²) in [6.07, 6.45) is 0.272. The molecule has 5 nitrogen and oxygen atoms in total. The Morgan fingerprint density at radius 1 is 1.05 bits per heavy atom. The van der Waals surface area contributed by atoms with Crippen molar-refractivity contribution in [3.8, 4) is 17.2 Å². The number of phenols is 3. The van der Waals surface area contributed by atoms with Crippen LogP contribution in [0.25, 0.3) is 0 Å². The Kier molecular flexibility index (Phi) is 3.91. The number of benzene rings is 2. The Balaban J connectivity index is 2.16. The zero-order valence-corrected chi connectivity index (χ0v) is 10.7. The molecule has 0 radical (unpaired) electrons. The molecule has 0 aliphatic heterocycles. The van der Waals surface area contributed by atoms with Crippen LogP contribution in [0.1, 0.15) is 15.9 Å². The normalized spacial score (nSPS) is 12.1. The van der Waals surface area contributed by atoms with E-state index in [4.69, 9.17) is 5.73 Å². The number of aromatic hydroxyl groups is 3. The summed E-state index contributed by atoms with van der Waals surface area (Å²) in [5.74, 6) is -1.13. The monoisotopic (exact) mass is 273 g/mol. The number of para-hydroxylation sites is 1. The number of Topliss-reactive ketones (excluding diaryl/α,β-unsaturated/α-hetero) is 1. The maximum atomic E-state index is 12.1. The van der Waals surface area contributed by atoms with E-state index in [9.17, 15) is 20.1 Å². The van der Waals surface area contributed by atoms with E-state index >= 15 is 0 Å². The van der Waals surface area contributed by atoms with Crippen LogP contribution in [0.4, 0.5) is 0 Å². The predicted molar refractivity (Wildman–Crippen MR) is 73.9 cm³/mol. The zero-order valence-electron chi connectivity index (χ0n) is 10.7. The van der Waals surface area contributed by atoms with E-state index in [-0.39, 0.29) is 23.5 Å². The fraction of sp³-hybridized carbons (Fsp3) is 0.133. The number of hydrogen-bond acceptors (Lipinski definition) is 5. The summed E-state index contributed by atoms with van der Waals surface area (Å²) in [6, 6.07) is 9.69. The minimum atomic E-state index is -0.841. The lowest BCUT2D eigenvalue weighted by atomic mass is 9.97. The van der Waals surface area contributed by atoms with Gasteiger partial charge in [-0.2, -0.15) is 0 Å². The number of phenolic OH excluding ortho intramolecular Hbond substituents is 3. The first-order valence-electron chi connectivity index (χ1n) is 6.07. The molecule has 0 saturated carbocycles. The standard InChI is InChI=1S/C15H15NO4/c16-12(8-9-4-6-10(17)7-5-9)14(19)11-2-1-3-13(18)15(11)20/h1-7,12,17-18,20H,8,16H2/t12-/m0/s1. The molecule has 0 aromatic heterocycles. The Labute approximate surface area is 115 Å². The highest BCUT2D eigenvalue weighted by molar-refractivity contribution is 6.02. The topological polar surface area (TPSA) is 104 Å². The molecule has 0 saturated heterocycles. The Bertz CT molecular complexity index is 622. The number of rotatable bonds is 4. The van der Waals surface area contributed by atoms with Crippen molar-refractivity contribution in [1.82, 2.24) is 0 Å². The third kappa shape index (κ3) is 2.89. The van der Waals surface area contributed by atoms with Crippen molar-refractivity contribution in [2.24, 2.45) is 5.73 Å². The first-order valence-corrected chi connectivity index (χ1v) is 6.07. The molecule has 2 aromatic rings. The summed E-state index contributed by atoms with van der Waals surface area (Å²) in [5, 5.41) is 28.2. The van der Waals surface area contributed by atoms with Gasteiger partial charge in [0.15, 0.2) is 17.3 Å². The van der Waals surface area contributed by atoms with E-state index in [1.54, 1.807) is 12.1 Å². The molecule has 0 fully saturated rings. The molecule has 0 aliphatic carbocycles. The highest BCUT2D eigenvalue weighted by Gasteiger charge is 2.20. The summed E-state index contributed by atoms with van der Waals surface area (Å²) in [4.78, 5) is 12.1. The zero-order chi connectivity index (χ0) is 14.7. The van der Waals surface area contributed by atoms with Crippen LogP contribution in [0.5, 0.6) is 17.2 Å². The second-order valence-electron chi connectivity index (χ2n) is 4.51. The molecule has 2 aromatic carbocycles. The van der Waals surface area contributed by atoms with E-state index in [0.29, 0.717) is 0 Å². The molecule has 0 spiro atoms. The van der Waals surface area contributed by atoms with Gasteiger partial charge in [-0.05, 0) is 36.2 Å². The number of hydrogen-bond donors (Lipinski definition) is 4. The minimum absolute atomic E-state index is 0.00345. The fourth-order valence-corrected chi connectivity index (χ4v) is 1.91. The molecule has 0 amide bonds. The number of carbonyl (C=O) groups excluding carboxylic acids is 1. The van der Waals surface area contributed by atoms with Gasteiger partial charge in [0.05, 0.1) is 11.6 Å². The largest absolute Gasteiger partial charge is 0.508 e. The van der Waals surface area contributed by atoms with Crippen LogP contribution in [-0.2, 0) is 6.42 Å². The average Bonchev–Trinajstić information content (AvgIpc) is 2.43. The highest BCUT2D eigenvalue weighted by Crippen LogP contribution is 2.29. The van der Waals surface area contributed by atoms with Crippen LogP contribution >= 0.6 is 0 Å². The lowest BCUT2D eigenvalue weighted by Crippen LogP contribution is -2.32. The molecule has 104 valence electrons. The summed E-state index contributed by atoms with van der Waals surface area (Å²) < 4.78 is 0. The Morgan fingerprint density at radius 2 is 1.70 bits per heavy atom. The molecule has 5 N–H and O–H groups in total. The first kappa shape index (κ1) is 13.9. The van der Waals surface area contributed by atoms with Crippen molar-refractivity contribution >= 4 is 5.78 Å². The number of carbonyl (C=O) groups is 1. The van der Waals surface area contributed by atoms with Gasteiger partial charge in [-0.3, -0.25) is 4.79 Å². The van der Waals surface area contributed by atoms with E-state index in [1.807, 2.05) is 0 Å². The van der Waals surface area contributed by atoms with Gasteiger partial charge in [0.1, 0.15) is 5.75 Å². The number of ketones is 1. The molecular formula is C15H15NO4. The number of nitrogens with two attached hydrogens (primary N) is 1. The quantitative estimate of drug-likeness (QED) is 0.500.